The summed E-state index contributed by atoms with van der Waals surface area (Å²) in [5.74, 6) is -0.304. The Hall–Kier alpha value is -1.54. The molecule has 0 heterocycles. The third-order valence-electron chi connectivity index (χ3n) is 4.44. The van der Waals surface area contributed by atoms with E-state index in [2.05, 4.69) is 37.4 Å². The van der Waals surface area contributed by atoms with E-state index in [1.165, 1.54) is 17.2 Å². The van der Waals surface area contributed by atoms with E-state index >= 15 is 0 Å². The summed E-state index contributed by atoms with van der Waals surface area (Å²) < 4.78 is 14.1. The van der Waals surface area contributed by atoms with Gasteiger partial charge in [0.1, 0.15) is 5.82 Å². The summed E-state index contributed by atoms with van der Waals surface area (Å²) in [6.45, 7) is 4.44. The number of rotatable bonds is 2. The van der Waals surface area contributed by atoms with Gasteiger partial charge in [0.05, 0.1) is 16.8 Å². The van der Waals surface area contributed by atoms with Crippen molar-refractivity contribution in [3.8, 4) is 0 Å². The van der Waals surface area contributed by atoms with Crippen molar-refractivity contribution in [3.63, 3.8) is 0 Å². The summed E-state index contributed by atoms with van der Waals surface area (Å²) in [6.07, 6.45) is 2.13. The second-order valence-electron chi connectivity index (χ2n) is 6.36. The standard InChI is InChI=1S/C18H19ClFN/c1-18(2)11-10-12-6-3-4-7-13(12)17(18)21-16-14(19)8-5-9-15(16)20/h3-9,17,21H,10-11H2,1-2H3. The number of aryl methyl sites for hydroxylation is 1. The molecule has 0 saturated carbocycles. The molecule has 1 aliphatic carbocycles. The fraction of sp³-hybridized carbons (Fsp3) is 0.333. The molecule has 0 amide bonds. The number of halogens is 2. The molecule has 3 rings (SSSR count). The third kappa shape index (κ3) is 2.65. The van der Waals surface area contributed by atoms with Crippen LogP contribution in [0.25, 0.3) is 0 Å². The molecule has 0 bridgehead atoms. The van der Waals surface area contributed by atoms with Crippen LogP contribution in [0.4, 0.5) is 10.1 Å². The summed E-state index contributed by atoms with van der Waals surface area (Å²) in [6, 6.07) is 13.2. The molecule has 110 valence electrons. The van der Waals surface area contributed by atoms with E-state index in [1.54, 1.807) is 12.1 Å². The third-order valence-corrected chi connectivity index (χ3v) is 4.75. The predicted molar refractivity (Wildman–Crippen MR) is 86.3 cm³/mol. The summed E-state index contributed by atoms with van der Waals surface area (Å²) >= 11 is 6.17. The van der Waals surface area contributed by atoms with Crippen LogP contribution in [0, 0.1) is 11.2 Å². The van der Waals surface area contributed by atoms with Gasteiger partial charge in [-0.2, -0.15) is 0 Å². The molecule has 21 heavy (non-hydrogen) atoms. The summed E-state index contributed by atoms with van der Waals surface area (Å²) in [5, 5.41) is 3.78. The van der Waals surface area contributed by atoms with Gasteiger partial charge in [-0.1, -0.05) is 55.8 Å². The van der Waals surface area contributed by atoms with Crippen molar-refractivity contribution >= 4 is 17.3 Å². The molecular formula is C18H19ClFN. The van der Waals surface area contributed by atoms with E-state index in [0.717, 1.165) is 12.8 Å². The minimum Gasteiger partial charge on any atom is -0.374 e. The van der Waals surface area contributed by atoms with E-state index in [1.807, 2.05) is 6.07 Å². The fourth-order valence-corrected chi connectivity index (χ4v) is 3.34. The first kappa shape index (κ1) is 14.4. The molecule has 0 radical (unpaired) electrons. The van der Waals surface area contributed by atoms with Crippen LogP contribution in [-0.4, -0.2) is 0 Å². The summed E-state index contributed by atoms with van der Waals surface area (Å²) in [7, 11) is 0. The second-order valence-corrected chi connectivity index (χ2v) is 6.77. The van der Waals surface area contributed by atoms with Crippen LogP contribution in [0.15, 0.2) is 42.5 Å². The zero-order valence-corrected chi connectivity index (χ0v) is 13.0. The lowest BCUT2D eigenvalue weighted by atomic mass is 9.70. The number of para-hydroxylation sites is 1. The SMILES string of the molecule is CC1(C)CCc2ccccc2C1Nc1c(F)cccc1Cl. The Morgan fingerprint density at radius 1 is 1.14 bits per heavy atom. The number of anilines is 1. The molecule has 1 unspecified atom stereocenters. The Kier molecular flexibility index (Phi) is 3.66. The molecule has 1 atom stereocenters. The normalized spacial score (nSPS) is 19.9. The van der Waals surface area contributed by atoms with Gasteiger partial charge >= 0.3 is 0 Å². The van der Waals surface area contributed by atoms with Crippen molar-refractivity contribution in [2.24, 2.45) is 5.41 Å². The maximum absolute atomic E-state index is 14.1. The van der Waals surface area contributed by atoms with Crippen LogP contribution in [0.3, 0.4) is 0 Å². The molecule has 2 aromatic rings. The van der Waals surface area contributed by atoms with Gasteiger partial charge in [-0.3, -0.25) is 0 Å². The number of fused-ring (bicyclic) bond motifs is 1. The topological polar surface area (TPSA) is 12.0 Å². The van der Waals surface area contributed by atoms with Gasteiger partial charge in [0.25, 0.3) is 0 Å². The monoisotopic (exact) mass is 303 g/mol. The van der Waals surface area contributed by atoms with E-state index in [0.29, 0.717) is 10.7 Å². The van der Waals surface area contributed by atoms with E-state index in [4.69, 9.17) is 11.6 Å². The van der Waals surface area contributed by atoms with Crippen LogP contribution in [0.5, 0.6) is 0 Å². The fourth-order valence-electron chi connectivity index (χ4n) is 3.12. The molecule has 2 aromatic carbocycles. The molecule has 0 spiro atoms. The van der Waals surface area contributed by atoms with Crippen molar-refractivity contribution in [2.45, 2.75) is 32.7 Å². The molecule has 1 aliphatic rings. The highest BCUT2D eigenvalue weighted by Gasteiger charge is 2.36. The van der Waals surface area contributed by atoms with Gasteiger partial charge in [-0.15, -0.1) is 0 Å². The van der Waals surface area contributed by atoms with Gasteiger partial charge in [0.2, 0.25) is 0 Å². The molecule has 0 saturated heterocycles. The van der Waals surface area contributed by atoms with Crippen molar-refractivity contribution in [2.75, 3.05) is 5.32 Å². The predicted octanol–water partition coefficient (Wildman–Crippen LogP) is 5.60. The van der Waals surface area contributed by atoms with E-state index in [9.17, 15) is 4.39 Å². The number of hydrogen-bond donors (Lipinski definition) is 1. The van der Waals surface area contributed by atoms with Crippen molar-refractivity contribution in [3.05, 3.63) is 64.4 Å². The number of hydrogen-bond acceptors (Lipinski definition) is 1. The van der Waals surface area contributed by atoms with Crippen molar-refractivity contribution < 1.29 is 4.39 Å². The summed E-state index contributed by atoms with van der Waals surface area (Å²) in [5.41, 5.74) is 3.02. The van der Waals surface area contributed by atoms with Crippen molar-refractivity contribution in [1.29, 1.82) is 0 Å². The zero-order valence-electron chi connectivity index (χ0n) is 12.3. The second kappa shape index (κ2) is 5.34. The van der Waals surface area contributed by atoms with Crippen LogP contribution < -0.4 is 5.32 Å². The maximum atomic E-state index is 14.1. The van der Waals surface area contributed by atoms with Gasteiger partial charge < -0.3 is 5.32 Å². The first-order valence-electron chi connectivity index (χ1n) is 7.27. The van der Waals surface area contributed by atoms with Gasteiger partial charge in [0, 0.05) is 0 Å². The van der Waals surface area contributed by atoms with E-state index in [-0.39, 0.29) is 17.3 Å². The molecule has 1 N–H and O–H groups in total. The maximum Gasteiger partial charge on any atom is 0.147 e. The smallest absolute Gasteiger partial charge is 0.147 e. The Morgan fingerprint density at radius 3 is 2.67 bits per heavy atom. The summed E-state index contributed by atoms with van der Waals surface area (Å²) in [4.78, 5) is 0. The zero-order chi connectivity index (χ0) is 15.0. The largest absolute Gasteiger partial charge is 0.374 e. The van der Waals surface area contributed by atoms with Gasteiger partial charge in [-0.05, 0) is 41.5 Å². The molecule has 3 heteroatoms. The Labute approximate surface area is 130 Å². The highest BCUT2D eigenvalue weighted by molar-refractivity contribution is 6.33. The highest BCUT2D eigenvalue weighted by Crippen LogP contribution is 2.46. The van der Waals surface area contributed by atoms with Gasteiger partial charge in [0.15, 0.2) is 0 Å². The Morgan fingerprint density at radius 2 is 1.90 bits per heavy atom. The quantitative estimate of drug-likeness (QED) is 0.761. The number of nitrogens with one attached hydrogen (secondary N) is 1. The van der Waals surface area contributed by atoms with Crippen LogP contribution >= 0.6 is 11.6 Å². The van der Waals surface area contributed by atoms with E-state index < -0.39 is 0 Å². The molecule has 0 aliphatic heterocycles. The molecule has 0 fully saturated rings. The van der Waals surface area contributed by atoms with Crippen LogP contribution in [0.1, 0.15) is 37.4 Å². The van der Waals surface area contributed by atoms with Crippen molar-refractivity contribution in [1.82, 2.24) is 0 Å². The first-order chi connectivity index (χ1) is 9.99. The first-order valence-corrected chi connectivity index (χ1v) is 7.65. The number of benzene rings is 2. The molecule has 0 aromatic heterocycles. The lowest BCUT2D eigenvalue weighted by Gasteiger charge is -2.41. The Bertz CT molecular complexity index is 646. The lowest BCUT2D eigenvalue weighted by Crippen LogP contribution is -2.33. The van der Waals surface area contributed by atoms with Crippen LogP contribution in [-0.2, 0) is 6.42 Å². The average molecular weight is 304 g/mol. The lowest BCUT2D eigenvalue weighted by molar-refractivity contribution is 0.265. The Balaban J connectivity index is 2.04. The van der Waals surface area contributed by atoms with Crippen LogP contribution in [0.2, 0.25) is 5.02 Å². The molecule has 1 nitrogen and oxygen atoms in total. The average Bonchev–Trinajstić information content (AvgIpc) is 2.45. The minimum absolute atomic E-state index is 0.0416. The molecular weight excluding hydrogens is 285 g/mol. The van der Waals surface area contributed by atoms with Gasteiger partial charge in [-0.25, -0.2) is 4.39 Å². The highest BCUT2D eigenvalue weighted by atomic mass is 35.5. The minimum atomic E-state index is -0.304.